The van der Waals surface area contributed by atoms with E-state index >= 15 is 0 Å². The second-order valence-corrected chi connectivity index (χ2v) is 5.61. The fourth-order valence-corrected chi connectivity index (χ4v) is 2.85. The van der Waals surface area contributed by atoms with E-state index in [2.05, 4.69) is 25.1 Å². The van der Waals surface area contributed by atoms with E-state index in [1.54, 1.807) is 0 Å². The lowest BCUT2D eigenvalue weighted by Gasteiger charge is -2.26. The van der Waals surface area contributed by atoms with Gasteiger partial charge in [0.25, 0.3) is 0 Å². The van der Waals surface area contributed by atoms with Crippen molar-refractivity contribution in [2.45, 2.75) is 25.9 Å². The van der Waals surface area contributed by atoms with Crippen molar-refractivity contribution in [1.29, 1.82) is 0 Å². The Bertz CT molecular complexity index is 357. The summed E-state index contributed by atoms with van der Waals surface area (Å²) in [6, 6.07) is 6.49. The summed E-state index contributed by atoms with van der Waals surface area (Å²) in [4.78, 5) is 2.37. The van der Waals surface area contributed by atoms with E-state index in [9.17, 15) is 0 Å². The Morgan fingerprint density at radius 3 is 2.71 bits per heavy atom. The number of hydrogen-bond donors (Lipinski definition) is 1. The molecule has 2 N–H and O–H groups in total. The zero-order chi connectivity index (χ0) is 12.8. The van der Waals surface area contributed by atoms with Crippen LogP contribution >= 0.6 is 23.4 Å². The first-order chi connectivity index (χ1) is 8.08. The van der Waals surface area contributed by atoms with Crippen molar-refractivity contribution < 1.29 is 0 Å². The van der Waals surface area contributed by atoms with E-state index in [4.69, 9.17) is 17.3 Å². The number of nitrogens with zero attached hydrogens (tertiary/aromatic N) is 1. The lowest BCUT2D eigenvalue weighted by Crippen LogP contribution is -2.32. The predicted octanol–water partition coefficient (Wildman–Crippen LogP) is 3.50. The molecule has 1 unspecified atom stereocenters. The Balaban J connectivity index is 2.66. The number of nitrogens with two attached hydrogens (primary N) is 1. The maximum atomic E-state index is 5.91. The number of rotatable bonds is 6. The fourth-order valence-electron chi connectivity index (χ4n) is 1.86. The predicted molar refractivity (Wildman–Crippen MR) is 79.8 cm³/mol. The molecule has 2 nitrogen and oxygen atoms in total. The van der Waals surface area contributed by atoms with Crippen LogP contribution in [0.25, 0.3) is 0 Å². The van der Waals surface area contributed by atoms with E-state index in [0.717, 1.165) is 12.3 Å². The molecule has 17 heavy (non-hydrogen) atoms. The van der Waals surface area contributed by atoms with Gasteiger partial charge in [-0.25, -0.2) is 0 Å². The van der Waals surface area contributed by atoms with Gasteiger partial charge in [-0.3, -0.25) is 4.90 Å². The van der Waals surface area contributed by atoms with Crippen LogP contribution in [0.1, 0.15) is 18.9 Å². The number of benzene rings is 1. The highest BCUT2D eigenvalue weighted by molar-refractivity contribution is 7.98. The van der Waals surface area contributed by atoms with Crippen LogP contribution < -0.4 is 5.73 Å². The molecule has 0 heterocycles. The number of anilines is 1. The van der Waals surface area contributed by atoms with E-state index in [-0.39, 0.29) is 0 Å². The number of hydrogen-bond acceptors (Lipinski definition) is 3. The van der Waals surface area contributed by atoms with Crippen molar-refractivity contribution in [3.8, 4) is 0 Å². The van der Waals surface area contributed by atoms with Crippen LogP contribution in [-0.4, -0.2) is 30.0 Å². The monoisotopic (exact) mass is 272 g/mol. The van der Waals surface area contributed by atoms with Crippen LogP contribution in [0, 0.1) is 0 Å². The molecule has 1 rings (SSSR count). The summed E-state index contributed by atoms with van der Waals surface area (Å²) in [6.45, 7) is 3.15. The average Bonchev–Trinajstić information content (AvgIpc) is 2.30. The first kappa shape index (κ1) is 14.7. The molecule has 0 aromatic heterocycles. The molecule has 96 valence electrons. The standard InChI is InChI=1S/C13H21ClN2S/c1-4-11(9-17-3)16(2)8-10-5-6-12(14)13(15)7-10/h5-7,11H,4,8-9,15H2,1-3H3. The molecule has 0 saturated carbocycles. The van der Waals surface area contributed by atoms with Gasteiger partial charge in [0, 0.05) is 18.3 Å². The van der Waals surface area contributed by atoms with Crippen LogP contribution in [0.15, 0.2) is 18.2 Å². The molecule has 0 aliphatic heterocycles. The second kappa shape index (κ2) is 7.14. The molecule has 0 amide bonds. The van der Waals surface area contributed by atoms with Crippen molar-refractivity contribution in [1.82, 2.24) is 4.90 Å². The Morgan fingerprint density at radius 2 is 2.18 bits per heavy atom. The molecule has 1 aromatic carbocycles. The van der Waals surface area contributed by atoms with Crippen LogP contribution in [0.4, 0.5) is 5.69 Å². The average molecular weight is 273 g/mol. The highest BCUT2D eigenvalue weighted by Gasteiger charge is 2.12. The Morgan fingerprint density at radius 1 is 1.47 bits per heavy atom. The minimum Gasteiger partial charge on any atom is -0.398 e. The lowest BCUT2D eigenvalue weighted by molar-refractivity contribution is 0.248. The highest BCUT2D eigenvalue weighted by Crippen LogP contribution is 2.21. The summed E-state index contributed by atoms with van der Waals surface area (Å²) in [7, 11) is 2.16. The van der Waals surface area contributed by atoms with Gasteiger partial charge in [-0.05, 0) is 37.4 Å². The van der Waals surface area contributed by atoms with Gasteiger partial charge >= 0.3 is 0 Å². The van der Waals surface area contributed by atoms with Crippen molar-refractivity contribution >= 4 is 29.1 Å². The van der Waals surface area contributed by atoms with Crippen LogP contribution in [0.5, 0.6) is 0 Å². The molecule has 0 aliphatic rings. The Hall–Kier alpha value is -0.380. The van der Waals surface area contributed by atoms with Gasteiger partial charge in [0.2, 0.25) is 0 Å². The molecule has 1 atom stereocenters. The summed E-state index contributed by atoms with van der Waals surface area (Å²) in [5.41, 5.74) is 7.69. The lowest BCUT2D eigenvalue weighted by atomic mass is 10.1. The van der Waals surface area contributed by atoms with Crippen LogP contribution in [0.3, 0.4) is 0 Å². The fraction of sp³-hybridized carbons (Fsp3) is 0.538. The third kappa shape index (κ3) is 4.41. The van der Waals surface area contributed by atoms with Gasteiger partial charge in [-0.1, -0.05) is 24.6 Å². The van der Waals surface area contributed by atoms with Crippen LogP contribution in [0.2, 0.25) is 5.02 Å². The number of halogens is 1. The minimum absolute atomic E-state index is 0.613. The van der Waals surface area contributed by atoms with Crippen molar-refractivity contribution in [2.24, 2.45) is 0 Å². The summed E-state index contributed by atoms with van der Waals surface area (Å²) in [6.07, 6.45) is 3.32. The third-order valence-corrected chi connectivity index (χ3v) is 4.01. The molecule has 4 heteroatoms. The topological polar surface area (TPSA) is 29.3 Å². The minimum atomic E-state index is 0.613. The van der Waals surface area contributed by atoms with Gasteiger partial charge in [0.15, 0.2) is 0 Å². The van der Waals surface area contributed by atoms with Gasteiger partial charge < -0.3 is 5.73 Å². The maximum Gasteiger partial charge on any atom is 0.0635 e. The Kier molecular flexibility index (Phi) is 6.17. The Labute approximate surface area is 114 Å². The van der Waals surface area contributed by atoms with Crippen molar-refractivity contribution in [3.63, 3.8) is 0 Å². The van der Waals surface area contributed by atoms with Gasteiger partial charge in [-0.15, -0.1) is 0 Å². The zero-order valence-electron chi connectivity index (χ0n) is 10.7. The number of thioether (sulfide) groups is 1. The van der Waals surface area contributed by atoms with Gasteiger partial charge in [-0.2, -0.15) is 11.8 Å². The molecular formula is C13H21ClN2S. The highest BCUT2D eigenvalue weighted by atomic mass is 35.5. The zero-order valence-corrected chi connectivity index (χ0v) is 12.3. The molecule has 0 bridgehead atoms. The molecule has 1 aromatic rings. The first-order valence-electron chi connectivity index (χ1n) is 5.81. The molecule has 0 aliphatic carbocycles. The summed E-state index contributed by atoms with van der Waals surface area (Å²) in [5.74, 6) is 1.16. The summed E-state index contributed by atoms with van der Waals surface area (Å²) >= 11 is 7.81. The molecular weight excluding hydrogens is 252 g/mol. The maximum absolute atomic E-state index is 5.91. The van der Waals surface area contributed by atoms with Crippen LogP contribution in [-0.2, 0) is 6.54 Å². The normalized spacial score (nSPS) is 13.0. The van der Waals surface area contributed by atoms with Crippen molar-refractivity contribution in [2.75, 3.05) is 24.8 Å². The largest absolute Gasteiger partial charge is 0.398 e. The SMILES string of the molecule is CCC(CSC)N(C)Cc1ccc(Cl)c(N)c1. The molecule has 0 saturated heterocycles. The quantitative estimate of drug-likeness (QED) is 0.804. The summed E-state index contributed by atoms with van der Waals surface area (Å²) < 4.78 is 0. The number of nitrogen functional groups attached to an aromatic ring is 1. The summed E-state index contributed by atoms with van der Waals surface area (Å²) in [5, 5.41) is 0.632. The molecule has 0 fully saturated rings. The smallest absolute Gasteiger partial charge is 0.0635 e. The van der Waals surface area contributed by atoms with E-state index < -0.39 is 0 Å². The van der Waals surface area contributed by atoms with E-state index in [1.807, 2.05) is 30.0 Å². The van der Waals surface area contributed by atoms with Crippen molar-refractivity contribution in [3.05, 3.63) is 28.8 Å². The first-order valence-corrected chi connectivity index (χ1v) is 7.58. The molecule has 0 spiro atoms. The van der Waals surface area contributed by atoms with Gasteiger partial charge in [0.1, 0.15) is 0 Å². The third-order valence-electron chi connectivity index (χ3n) is 2.95. The second-order valence-electron chi connectivity index (χ2n) is 4.29. The molecule has 0 radical (unpaired) electrons. The van der Waals surface area contributed by atoms with Gasteiger partial charge in [0.05, 0.1) is 10.7 Å². The van der Waals surface area contributed by atoms with E-state index in [0.29, 0.717) is 16.8 Å². The van der Waals surface area contributed by atoms with E-state index in [1.165, 1.54) is 12.0 Å².